The van der Waals surface area contributed by atoms with Gasteiger partial charge in [0.2, 0.25) is 11.8 Å². The number of β-lactam (4-membered cyclic amide) rings is 1. The molecule has 8 nitrogen and oxygen atoms in total. The number of rotatable bonds is 5. The first-order valence-corrected chi connectivity index (χ1v) is 10.4. The van der Waals surface area contributed by atoms with E-state index in [0.717, 1.165) is 15.9 Å². The Hall–Kier alpha value is -1.55. The highest BCUT2D eigenvalue weighted by Crippen LogP contribution is 2.50. The summed E-state index contributed by atoms with van der Waals surface area (Å²) >= 11 is 4.89. The normalized spacial score (nSPS) is 27.1. The summed E-state index contributed by atoms with van der Waals surface area (Å²) in [5.74, 6) is -1.98. The van der Waals surface area contributed by atoms with E-state index in [0.29, 0.717) is 6.54 Å². The molecule has 2 saturated heterocycles. The minimum Gasteiger partial charge on any atom is -0.480 e. The standard InChI is InChI=1S/C17H23BrN4O4S/c1-7(6-21-9(3)10(18)8(2)20-21)13(23)19-11-14(24)22-12(16(25)26)17(4,5)27-15(11)22/h7,11-12,15H,6H2,1-5H3,(H,19,23)(H,25,26)/t7-,11+,12+,15-/m0/s1. The van der Waals surface area contributed by atoms with Crippen molar-refractivity contribution in [3.05, 3.63) is 15.9 Å². The van der Waals surface area contributed by atoms with Gasteiger partial charge in [0, 0.05) is 10.4 Å². The van der Waals surface area contributed by atoms with E-state index in [-0.39, 0.29) is 23.1 Å². The number of amides is 2. The highest BCUT2D eigenvalue weighted by atomic mass is 79.9. The topological polar surface area (TPSA) is 105 Å². The van der Waals surface area contributed by atoms with Crippen molar-refractivity contribution >= 4 is 45.5 Å². The monoisotopic (exact) mass is 458 g/mol. The number of aryl methyl sites for hydroxylation is 1. The molecular weight excluding hydrogens is 436 g/mol. The van der Waals surface area contributed by atoms with E-state index < -0.39 is 22.8 Å². The molecule has 10 heteroatoms. The molecule has 2 N–H and O–H groups in total. The van der Waals surface area contributed by atoms with Gasteiger partial charge in [-0.15, -0.1) is 11.8 Å². The number of halogens is 1. The number of carbonyl (C=O) groups is 3. The zero-order valence-electron chi connectivity index (χ0n) is 15.8. The molecule has 3 rings (SSSR count). The Labute approximate surface area is 170 Å². The van der Waals surface area contributed by atoms with E-state index in [1.165, 1.54) is 16.7 Å². The summed E-state index contributed by atoms with van der Waals surface area (Å²) in [6.45, 7) is 9.61. The molecule has 2 fully saturated rings. The predicted molar refractivity (Wildman–Crippen MR) is 104 cm³/mol. The lowest BCUT2D eigenvalue weighted by molar-refractivity contribution is -0.161. The molecule has 0 saturated carbocycles. The zero-order chi connectivity index (χ0) is 20.3. The van der Waals surface area contributed by atoms with Crippen molar-refractivity contribution in [3.8, 4) is 0 Å². The van der Waals surface area contributed by atoms with E-state index in [2.05, 4.69) is 26.3 Å². The number of nitrogens with zero attached hydrogens (tertiary/aromatic N) is 3. The van der Waals surface area contributed by atoms with Crippen LogP contribution in [0.4, 0.5) is 0 Å². The third-order valence-electron chi connectivity index (χ3n) is 5.16. The summed E-state index contributed by atoms with van der Waals surface area (Å²) in [7, 11) is 0. The summed E-state index contributed by atoms with van der Waals surface area (Å²) < 4.78 is 2.09. The first-order valence-electron chi connectivity index (χ1n) is 8.68. The molecule has 4 atom stereocenters. The van der Waals surface area contributed by atoms with Crippen LogP contribution in [0.5, 0.6) is 0 Å². The molecule has 2 aliphatic rings. The van der Waals surface area contributed by atoms with E-state index in [1.807, 2.05) is 27.7 Å². The lowest BCUT2D eigenvalue weighted by atomic mass is 9.95. The van der Waals surface area contributed by atoms with Crippen molar-refractivity contribution in [1.29, 1.82) is 0 Å². The average molecular weight is 459 g/mol. The van der Waals surface area contributed by atoms with Crippen LogP contribution in [0.25, 0.3) is 0 Å². The number of hydrogen-bond donors (Lipinski definition) is 2. The fraction of sp³-hybridized carbons (Fsp3) is 0.647. The summed E-state index contributed by atoms with van der Waals surface area (Å²) in [6, 6.07) is -1.56. The Bertz CT molecular complexity index is 824. The van der Waals surface area contributed by atoms with Crippen LogP contribution in [0.1, 0.15) is 32.2 Å². The molecular formula is C17H23BrN4O4S. The maximum absolute atomic E-state index is 12.6. The zero-order valence-corrected chi connectivity index (χ0v) is 18.2. The number of aliphatic carboxylic acids is 1. The Balaban J connectivity index is 1.66. The van der Waals surface area contributed by atoms with Gasteiger partial charge in [-0.1, -0.05) is 6.92 Å². The van der Waals surface area contributed by atoms with Crippen LogP contribution in [0.2, 0.25) is 0 Å². The molecule has 1 aromatic rings. The van der Waals surface area contributed by atoms with E-state index in [4.69, 9.17) is 0 Å². The molecule has 3 heterocycles. The van der Waals surface area contributed by atoms with Crippen LogP contribution in [-0.2, 0) is 20.9 Å². The molecule has 0 aliphatic carbocycles. The molecule has 0 bridgehead atoms. The third-order valence-corrected chi connectivity index (χ3v) is 7.88. The van der Waals surface area contributed by atoms with Gasteiger partial charge in [0.1, 0.15) is 17.5 Å². The summed E-state index contributed by atoms with van der Waals surface area (Å²) in [6.07, 6.45) is 0. The highest BCUT2D eigenvalue weighted by molar-refractivity contribution is 9.10. The van der Waals surface area contributed by atoms with E-state index in [9.17, 15) is 19.5 Å². The molecule has 2 aliphatic heterocycles. The minimum absolute atomic E-state index is 0.242. The summed E-state index contributed by atoms with van der Waals surface area (Å²) in [5.41, 5.74) is 1.80. The van der Waals surface area contributed by atoms with Crippen LogP contribution >= 0.6 is 27.7 Å². The van der Waals surface area contributed by atoms with Crippen LogP contribution in [-0.4, -0.2) is 59.8 Å². The number of thioether (sulfide) groups is 1. The third kappa shape index (κ3) is 3.26. The Morgan fingerprint density at radius 1 is 1.41 bits per heavy atom. The van der Waals surface area contributed by atoms with Crippen molar-refractivity contribution in [3.63, 3.8) is 0 Å². The van der Waals surface area contributed by atoms with Crippen molar-refractivity contribution in [2.75, 3.05) is 0 Å². The molecule has 2 amide bonds. The average Bonchev–Trinajstić information content (AvgIpc) is 2.97. The second kappa shape index (κ2) is 6.80. The summed E-state index contributed by atoms with van der Waals surface area (Å²) in [5, 5.41) is 16.3. The number of carbonyl (C=O) groups excluding carboxylic acids is 2. The maximum atomic E-state index is 12.6. The fourth-order valence-electron chi connectivity index (χ4n) is 3.64. The quantitative estimate of drug-likeness (QED) is 0.648. The van der Waals surface area contributed by atoms with Gasteiger partial charge >= 0.3 is 5.97 Å². The van der Waals surface area contributed by atoms with E-state index >= 15 is 0 Å². The van der Waals surface area contributed by atoms with Crippen molar-refractivity contribution in [2.45, 2.75) is 63.4 Å². The number of hydrogen-bond acceptors (Lipinski definition) is 5. The van der Waals surface area contributed by atoms with E-state index in [1.54, 1.807) is 11.6 Å². The SMILES string of the molecule is Cc1nn(C[C@H](C)C(=O)N[C@@H]2C(=O)N3[C@H]2SC(C)(C)[C@H]3C(=O)O)c(C)c1Br. The minimum atomic E-state index is -1.02. The van der Waals surface area contributed by atoms with Gasteiger partial charge in [-0.2, -0.15) is 5.10 Å². The smallest absolute Gasteiger partial charge is 0.327 e. The van der Waals surface area contributed by atoms with Crippen molar-refractivity contribution < 1.29 is 19.5 Å². The number of fused-ring (bicyclic) bond motifs is 1. The molecule has 0 unspecified atom stereocenters. The first kappa shape index (κ1) is 20.2. The number of nitrogens with one attached hydrogen (secondary N) is 1. The lowest BCUT2D eigenvalue weighted by Crippen LogP contribution is -2.71. The van der Waals surface area contributed by atoms with Crippen molar-refractivity contribution in [1.82, 2.24) is 20.0 Å². The maximum Gasteiger partial charge on any atom is 0.327 e. The summed E-state index contributed by atoms with van der Waals surface area (Å²) in [4.78, 5) is 38.0. The molecule has 0 aromatic carbocycles. The Morgan fingerprint density at radius 3 is 2.56 bits per heavy atom. The largest absolute Gasteiger partial charge is 0.480 e. The molecule has 148 valence electrons. The van der Waals surface area contributed by atoms with Gasteiger partial charge in [-0.25, -0.2) is 4.79 Å². The van der Waals surface area contributed by atoms with Gasteiger partial charge in [0.05, 0.1) is 22.6 Å². The van der Waals surface area contributed by atoms with Gasteiger partial charge in [0.25, 0.3) is 0 Å². The van der Waals surface area contributed by atoms with Crippen LogP contribution in [0.3, 0.4) is 0 Å². The fourth-order valence-corrected chi connectivity index (χ4v) is 5.55. The molecule has 0 radical (unpaired) electrons. The van der Waals surface area contributed by atoms with Gasteiger partial charge < -0.3 is 15.3 Å². The predicted octanol–water partition coefficient (Wildman–Crippen LogP) is 1.53. The Kier molecular flexibility index (Phi) is 5.09. The number of carboxylic acid groups (broad SMARTS) is 1. The second-order valence-corrected chi connectivity index (χ2v) is 10.2. The second-order valence-electron chi connectivity index (χ2n) is 7.65. The number of aromatic nitrogens is 2. The molecule has 27 heavy (non-hydrogen) atoms. The number of carboxylic acids is 1. The van der Waals surface area contributed by atoms with Gasteiger partial charge in [-0.3, -0.25) is 14.3 Å². The van der Waals surface area contributed by atoms with Crippen LogP contribution in [0, 0.1) is 19.8 Å². The van der Waals surface area contributed by atoms with Crippen LogP contribution < -0.4 is 5.32 Å². The van der Waals surface area contributed by atoms with Gasteiger partial charge in [0.15, 0.2) is 0 Å². The van der Waals surface area contributed by atoms with Gasteiger partial charge in [-0.05, 0) is 43.6 Å². The van der Waals surface area contributed by atoms with Crippen molar-refractivity contribution in [2.24, 2.45) is 5.92 Å². The van der Waals surface area contributed by atoms with Crippen LogP contribution in [0.15, 0.2) is 4.47 Å². The highest BCUT2D eigenvalue weighted by Gasteiger charge is 2.64. The first-order chi connectivity index (χ1) is 12.5. The molecule has 0 spiro atoms. The lowest BCUT2D eigenvalue weighted by Gasteiger charge is -2.43. The molecule has 1 aromatic heterocycles. The Morgan fingerprint density at radius 2 is 2.04 bits per heavy atom.